The van der Waals surface area contributed by atoms with Crippen LogP contribution in [0.1, 0.15) is 63.6 Å². The van der Waals surface area contributed by atoms with Crippen molar-refractivity contribution in [1.29, 1.82) is 0 Å². The summed E-state index contributed by atoms with van der Waals surface area (Å²) in [5.74, 6) is -1.81. The van der Waals surface area contributed by atoms with Crippen LogP contribution < -0.4 is 11.2 Å². The predicted molar refractivity (Wildman–Crippen MR) is 142 cm³/mol. The van der Waals surface area contributed by atoms with Crippen LogP contribution in [0.3, 0.4) is 0 Å². The van der Waals surface area contributed by atoms with Crippen molar-refractivity contribution in [3.63, 3.8) is 0 Å². The van der Waals surface area contributed by atoms with Gasteiger partial charge in [0.2, 0.25) is 0 Å². The van der Waals surface area contributed by atoms with E-state index in [2.05, 4.69) is 9.72 Å². The topological polar surface area (TPSA) is 131 Å². The zero-order valence-corrected chi connectivity index (χ0v) is 21.9. The second kappa shape index (κ2) is 12.6. The van der Waals surface area contributed by atoms with Crippen molar-refractivity contribution in [2.45, 2.75) is 65.0 Å². The lowest BCUT2D eigenvalue weighted by Gasteiger charge is -2.19. The van der Waals surface area contributed by atoms with E-state index < -0.39 is 41.3 Å². The summed E-state index contributed by atoms with van der Waals surface area (Å²) in [7, 11) is 1.17. The molecule has 0 amide bonds. The van der Waals surface area contributed by atoms with Crippen LogP contribution in [0.4, 0.5) is 4.39 Å². The number of methoxy groups -OCH3 is 1. The number of hydrogen-bond acceptors (Lipinski definition) is 7. The van der Waals surface area contributed by atoms with Gasteiger partial charge in [-0.25, -0.2) is 14.2 Å². The van der Waals surface area contributed by atoms with Crippen molar-refractivity contribution in [2.24, 2.45) is 0 Å². The van der Waals surface area contributed by atoms with Gasteiger partial charge in [0.05, 0.1) is 24.3 Å². The number of halogens is 1. The van der Waals surface area contributed by atoms with Crippen molar-refractivity contribution < 1.29 is 23.8 Å². The number of aryl methyl sites for hydroxylation is 1. The minimum absolute atomic E-state index is 0.160. The molecule has 10 heteroatoms. The second-order valence-electron chi connectivity index (χ2n) is 9.33. The van der Waals surface area contributed by atoms with E-state index in [0.717, 1.165) is 6.42 Å². The Bertz CT molecular complexity index is 1470. The van der Waals surface area contributed by atoms with Gasteiger partial charge in [-0.15, -0.1) is 0 Å². The first-order valence-corrected chi connectivity index (χ1v) is 12.5. The molecule has 0 aliphatic rings. The maximum absolute atomic E-state index is 13.8. The molecule has 0 bridgehead atoms. The van der Waals surface area contributed by atoms with Crippen LogP contribution in [0.25, 0.3) is 28.2 Å². The number of aromatic nitrogens is 3. The molecule has 202 valence electrons. The van der Waals surface area contributed by atoms with E-state index >= 15 is 0 Å². The first-order valence-electron chi connectivity index (χ1n) is 12.5. The zero-order chi connectivity index (χ0) is 28.0. The minimum atomic E-state index is -1.22. The molecule has 9 nitrogen and oxygen atoms in total. The molecule has 3 rings (SSSR count). The molecule has 2 N–H and O–H groups in total. The van der Waals surface area contributed by atoms with Crippen LogP contribution in [0.2, 0.25) is 0 Å². The summed E-state index contributed by atoms with van der Waals surface area (Å²) in [6, 6.07) is 5.60. The summed E-state index contributed by atoms with van der Waals surface area (Å²) >= 11 is 0. The van der Waals surface area contributed by atoms with E-state index in [4.69, 9.17) is 4.98 Å². The van der Waals surface area contributed by atoms with E-state index in [0.29, 0.717) is 35.3 Å². The fraction of sp³-hybridized carbons (Fsp3) is 0.393. The Balaban J connectivity index is 2.29. The number of Topliss-reactive ketones (excluding diaryl/α,β-unsaturated/α-hetero) is 1. The lowest BCUT2D eigenvalue weighted by atomic mass is 9.91. The summed E-state index contributed by atoms with van der Waals surface area (Å²) in [6.45, 7) is 6.14. The van der Waals surface area contributed by atoms with Gasteiger partial charge in [0.15, 0.2) is 0 Å². The number of carbonyl (C=O) groups excluding carboxylic acids is 2. The first kappa shape index (κ1) is 28.6. The number of esters is 1. The monoisotopic (exact) mass is 525 g/mol. The number of carbonyl (C=O) groups is 2. The molecule has 0 radical (unpaired) electrons. The molecule has 0 fully saturated rings. The van der Waals surface area contributed by atoms with Crippen LogP contribution in [0.15, 0.2) is 39.9 Å². The number of hydrogen-bond donors (Lipinski definition) is 2. The molecule has 0 saturated carbocycles. The Labute approximate surface area is 219 Å². The Morgan fingerprint density at radius 2 is 1.89 bits per heavy atom. The highest BCUT2D eigenvalue weighted by Gasteiger charge is 2.22. The minimum Gasteiger partial charge on any atom is -0.469 e. The fourth-order valence-corrected chi connectivity index (χ4v) is 4.20. The summed E-state index contributed by atoms with van der Waals surface area (Å²) in [5, 5.41) is 10.7. The van der Waals surface area contributed by atoms with Crippen molar-refractivity contribution >= 4 is 28.9 Å². The van der Waals surface area contributed by atoms with Gasteiger partial charge in [-0.05, 0) is 30.0 Å². The number of aliphatic hydroxyl groups excluding tert-OH is 1. The third kappa shape index (κ3) is 6.49. The summed E-state index contributed by atoms with van der Waals surface area (Å²) in [6.07, 6.45) is 2.48. The average molecular weight is 526 g/mol. The number of aliphatic hydroxyl groups is 1. The van der Waals surface area contributed by atoms with Gasteiger partial charge in [0, 0.05) is 24.1 Å². The van der Waals surface area contributed by atoms with Crippen molar-refractivity contribution in [3.8, 4) is 11.1 Å². The Hall–Kier alpha value is -3.92. The summed E-state index contributed by atoms with van der Waals surface area (Å²) < 4.78 is 19.7. The van der Waals surface area contributed by atoms with E-state index in [1.165, 1.54) is 42.0 Å². The molecule has 1 atom stereocenters. The van der Waals surface area contributed by atoms with Crippen LogP contribution in [-0.4, -0.2) is 44.6 Å². The Morgan fingerprint density at radius 3 is 2.50 bits per heavy atom. The van der Waals surface area contributed by atoms with Gasteiger partial charge in [0.25, 0.3) is 5.56 Å². The van der Waals surface area contributed by atoms with E-state index in [9.17, 15) is 28.7 Å². The summed E-state index contributed by atoms with van der Waals surface area (Å²) in [4.78, 5) is 56.5. The number of rotatable bonds is 11. The largest absolute Gasteiger partial charge is 0.469 e. The number of pyridine rings is 1. The molecular weight excluding hydrogens is 493 g/mol. The van der Waals surface area contributed by atoms with Crippen LogP contribution >= 0.6 is 0 Å². The Morgan fingerprint density at radius 1 is 1.21 bits per heavy atom. The number of ketones is 1. The predicted octanol–water partition coefficient (Wildman–Crippen LogP) is 3.71. The SMILES string of the molecule is CCCCn1c(=O)[nH]c(=O)c2c(-c3ccc(F)cc3)c(C=CC(O)CC(=O)CC(=O)OC)c(C(C)C)nc21. The highest BCUT2D eigenvalue weighted by Crippen LogP contribution is 2.35. The molecule has 1 unspecified atom stereocenters. The maximum Gasteiger partial charge on any atom is 0.329 e. The summed E-state index contributed by atoms with van der Waals surface area (Å²) in [5.41, 5.74) is 1.01. The highest BCUT2D eigenvalue weighted by atomic mass is 19.1. The first-order chi connectivity index (χ1) is 18.1. The number of nitrogens with one attached hydrogen (secondary N) is 1. The molecule has 3 aromatic rings. The van der Waals surface area contributed by atoms with Crippen molar-refractivity contribution in [3.05, 3.63) is 68.3 Å². The number of nitrogens with zero attached hydrogens (tertiary/aromatic N) is 2. The Kier molecular flexibility index (Phi) is 9.46. The standard InChI is InChI=1S/C28H32FN3O6/c1-5-6-13-32-26-24(27(36)31-28(32)37)23(17-7-9-18(29)10-8-17)21(25(30-26)16(2)3)12-11-19(33)14-20(34)15-22(35)38-4/h7-12,16,19,33H,5-6,13-15H2,1-4H3,(H,31,36,37). The number of unbranched alkanes of at least 4 members (excludes halogenated alkanes) is 1. The third-order valence-electron chi connectivity index (χ3n) is 6.10. The quantitative estimate of drug-likeness (QED) is 0.288. The maximum atomic E-state index is 13.8. The molecule has 0 saturated heterocycles. The lowest BCUT2D eigenvalue weighted by molar-refractivity contribution is -0.143. The molecule has 0 aliphatic heterocycles. The second-order valence-corrected chi connectivity index (χ2v) is 9.33. The van der Waals surface area contributed by atoms with Crippen molar-refractivity contribution in [2.75, 3.05) is 7.11 Å². The van der Waals surface area contributed by atoms with Gasteiger partial charge in [-0.2, -0.15) is 0 Å². The number of H-pyrrole nitrogens is 1. The van der Waals surface area contributed by atoms with Gasteiger partial charge in [-0.3, -0.25) is 23.9 Å². The lowest BCUT2D eigenvalue weighted by Crippen LogP contribution is -2.32. The molecule has 2 aromatic heterocycles. The number of ether oxygens (including phenoxy) is 1. The van der Waals surface area contributed by atoms with Gasteiger partial charge in [-0.1, -0.05) is 51.5 Å². The van der Waals surface area contributed by atoms with Crippen molar-refractivity contribution in [1.82, 2.24) is 14.5 Å². The zero-order valence-electron chi connectivity index (χ0n) is 21.9. The third-order valence-corrected chi connectivity index (χ3v) is 6.10. The smallest absolute Gasteiger partial charge is 0.329 e. The highest BCUT2D eigenvalue weighted by molar-refractivity contribution is 5.98. The molecule has 1 aromatic carbocycles. The van der Waals surface area contributed by atoms with Gasteiger partial charge >= 0.3 is 11.7 Å². The average Bonchev–Trinajstić information content (AvgIpc) is 2.86. The van der Waals surface area contributed by atoms with E-state index in [1.807, 2.05) is 20.8 Å². The molecule has 38 heavy (non-hydrogen) atoms. The van der Waals surface area contributed by atoms with Gasteiger partial charge < -0.3 is 9.84 Å². The molecular formula is C28H32FN3O6. The molecule has 0 aliphatic carbocycles. The van der Waals surface area contributed by atoms with Gasteiger partial charge in [0.1, 0.15) is 23.7 Å². The number of fused-ring (bicyclic) bond motifs is 1. The van der Waals surface area contributed by atoms with E-state index in [-0.39, 0.29) is 23.4 Å². The normalized spacial score (nSPS) is 12.4. The number of aromatic amines is 1. The molecule has 0 spiro atoms. The van der Waals surface area contributed by atoms with E-state index in [1.54, 1.807) is 6.08 Å². The number of benzene rings is 1. The van der Waals surface area contributed by atoms with Crippen LogP contribution in [0, 0.1) is 5.82 Å². The van der Waals surface area contributed by atoms with Crippen LogP contribution in [0.5, 0.6) is 0 Å². The molecule has 2 heterocycles. The fourth-order valence-electron chi connectivity index (χ4n) is 4.20. The van der Waals surface area contributed by atoms with Crippen LogP contribution in [-0.2, 0) is 20.9 Å².